The van der Waals surface area contributed by atoms with Crippen LogP contribution in [0, 0.1) is 0 Å². The van der Waals surface area contributed by atoms with Gasteiger partial charge in [-0.05, 0) is 46.2 Å². The first-order valence-corrected chi connectivity index (χ1v) is 7.82. The quantitative estimate of drug-likeness (QED) is 0.744. The molecule has 0 unspecified atom stereocenters. The third kappa shape index (κ3) is 4.82. The second kappa shape index (κ2) is 8.14. The molecule has 1 fully saturated rings. The first kappa shape index (κ1) is 16.0. The van der Waals surface area contributed by atoms with E-state index < -0.39 is 0 Å². The van der Waals surface area contributed by atoms with Crippen molar-refractivity contribution in [3.63, 3.8) is 0 Å². The van der Waals surface area contributed by atoms with Crippen LogP contribution in [0.2, 0.25) is 0 Å². The zero-order valence-corrected chi connectivity index (χ0v) is 13.0. The molecule has 0 aliphatic carbocycles. The summed E-state index contributed by atoms with van der Waals surface area (Å²) in [5.74, 6) is 0.424. The highest BCUT2D eigenvalue weighted by molar-refractivity contribution is 5.30. The fourth-order valence-corrected chi connectivity index (χ4v) is 2.44. The van der Waals surface area contributed by atoms with Crippen molar-refractivity contribution in [3.8, 4) is 0 Å². The zero-order valence-electron chi connectivity index (χ0n) is 13.0. The molecule has 0 atom stereocenters. The average Bonchev–Trinajstić information content (AvgIpc) is 2.49. The molecule has 2 rings (SSSR count). The number of anilines is 1. The highest BCUT2D eigenvalue weighted by Gasteiger charge is 2.12. The minimum absolute atomic E-state index is 0.0632. The van der Waals surface area contributed by atoms with Gasteiger partial charge in [-0.1, -0.05) is 0 Å². The summed E-state index contributed by atoms with van der Waals surface area (Å²) in [6, 6.07) is 0.143. The Morgan fingerprint density at radius 1 is 1.48 bits per heavy atom. The lowest BCUT2D eigenvalue weighted by atomic mass is 10.1. The second-order valence-electron chi connectivity index (χ2n) is 5.68. The third-order valence-electron chi connectivity index (χ3n) is 3.68. The Morgan fingerprint density at radius 2 is 2.24 bits per heavy atom. The average molecular weight is 294 g/mol. The maximum atomic E-state index is 12.1. The largest absolute Gasteiger partial charge is 0.378 e. The minimum atomic E-state index is -0.0632. The van der Waals surface area contributed by atoms with Crippen LogP contribution in [0.1, 0.15) is 39.2 Å². The summed E-state index contributed by atoms with van der Waals surface area (Å²) in [6.45, 7) is 7.49. The van der Waals surface area contributed by atoms with Gasteiger partial charge in [-0.15, -0.1) is 0 Å². The van der Waals surface area contributed by atoms with Crippen LogP contribution in [0.4, 0.5) is 5.82 Å². The molecule has 2 heterocycles. The first-order chi connectivity index (χ1) is 10.2. The zero-order chi connectivity index (χ0) is 15.1. The standard InChI is InChI=1S/C15H26N4O2/c1-12(2)19-10-9-18-14(15(19)20)17-6-3-11-21-13-4-7-16-8-5-13/h9-10,12-13,16H,3-8,11H2,1-2H3,(H,17,18). The van der Waals surface area contributed by atoms with Crippen molar-refractivity contribution in [2.75, 3.05) is 31.6 Å². The highest BCUT2D eigenvalue weighted by Crippen LogP contribution is 2.07. The normalized spacial score (nSPS) is 16.3. The van der Waals surface area contributed by atoms with Crippen LogP contribution < -0.4 is 16.2 Å². The van der Waals surface area contributed by atoms with Crippen LogP contribution in [0.15, 0.2) is 17.2 Å². The van der Waals surface area contributed by atoms with E-state index in [2.05, 4.69) is 15.6 Å². The lowest BCUT2D eigenvalue weighted by molar-refractivity contribution is 0.0329. The van der Waals surface area contributed by atoms with E-state index in [4.69, 9.17) is 4.74 Å². The summed E-state index contributed by atoms with van der Waals surface area (Å²) in [4.78, 5) is 16.2. The Balaban J connectivity index is 1.71. The molecular formula is C15H26N4O2. The Labute approximate surface area is 125 Å². The molecule has 6 nitrogen and oxygen atoms in total. The van der Waals surface area contributed by atoms with Gasteiger partial charge in [0, 0.05) is 31.6 Å². The second-order valence-corrected chi connectivity index (χ2v) is 5.68. The molecule has 6 heteroatoms. The van der Waals surface area contributed by atoms with Crippen LogP contribution in [-0.4, -0.2) is 41.9 Å². The van der Waals surface area contributed by atoms with Crippen molar-refractivity contribution < 1.29 is 4.74 Å². The molecule has 0 radical (unpaired) electrons. The van der Waals surface area contributed by atoms with Gasteiger partial charge in [0.2, 0.25) is 0 Å². The molecule has 21 heavy (non-hydrogen) atoms. The van der Waals surface area contributed by atoms with E-state index in [1.165, 1.54) is 0 Å². The lowest BCUT2D eigenvalue weighted by Crippen LogP contribution is -2.32. The molecule has 2 N–H and O–H groups in total. The molecule has 0 saturated carbocycles. The minimum Gasteiger partial charge on any atom is -0.378 e. The first-order valence-electron chi connectivity index (χ1n) is 7.82. The van der Waals surface area contributed by atoms with Gasteiger partial charge in [0.05, 0.1) is 6.10 Å². The number of rotatable bonds is 7. The summed E-state index contributed by atoms with van der Waals surface area (Å²) >= 11 is 0. The molecule has 0 aromatic carbocycles. The maximum Gasteiger partial charge on any atom is 0.293 e. The number of hydrogen-bond donors (Lipinski definition) is 2. The molecule has 1 aromatic rings. The number of aromatic nitrogens is 2. The predicted octanol–water partition coefficient (Wildman–Crippen LogP) is 1.39. The Morgan fingerprint density at radius 3 is 2.95 bits per heavy atom. The van der Waals surface area contributed by atoms with Crippen LogP contribution in [0.25, 0.3) is 0 Å². The van der Waals surface area contributed by atoms with E-state index in [1.54, 1.807) is 17.0 Å². The fourth-order valence-electron chi connectivity index (χ4n) is 2.44. The smallest absolute Gasteiger partial charge is 0.293 e. The van der Waals surface area contributed by atoms with E-state index in [9.17, 15) is 4.79 Å². The highest BCUT2D eigenvalue weighted by atomic mass is 16.5. The molecule has 1 saturated heterocycles. The monoisotopic (exact) mass is 294 g/mol. The SMILES string of the molecule is CC(C)n1ccnc(NCCCOC2CCNCC2)c1=O. The van der Waals surface area contributed by atoms with Gasteiger partial charge in [-0.3, -0.25) is 4.79 Å². The summed E-state index contributed by atoms with van der Waals surface area (Å²) < 4.78 is 7.51. The van der Waals surface area contributed by atoms with E-state index in [0.717, 1.165) is 39.0 Å². The van der Waals surface area contributed by atoms with Crippen LogP contribution in [0.3, 0.4) is 0 Å². The molecule has 1 aromatic heterocycles. The molecular weight excluding hydrogens is 268 g/mol. The molecule has 1 aliphatic rings. The number of nitrogens with zero attached hydrogens (tertiary/aromatic N) is 2. The Kier molecular flexibility index (Phi) is 6.20. The van der Waals surface area contributed by atoms with E-state index in [1.807, 2.05) is 13.8 Å². The Bertz CT molecular complexity index is 481. The summed E-state index contributed by atoms with van der Waals surface area (Å²) in [6.07, 6.45) is 6.83. The van der Waals surface area contributed by atoms with Crippen LogP contribution in [-0.2, 0) is 4.74 Å². The summed E-state index contributed by atoms with van der Waals surface area (Å²) in [5, 5.41) is 6.43. The third-order valence-corrected chi connectivity index (χ3v) is 3.68. The van der Waals surface area contributed by atoms with Crippen LogP contribution >= 0.6 is 0 Å². The van der Waals surface area contributed by atoms with Gasteiger partial charge < -0.3 is 19.9 Å². The van der Waals surface area contributed by atoms with E-state index in [-0.39, 0.29) is 11.6 Å². The number of piperidine rings is 1. The summed E-state index contributed by atoms with van der Waals surface area (Å²) in [5.41, 5.74) is -0.0632. The molecule has 0 bridgehead atoms. The van der Waals surface area contributed by atoms with Gasteiger partial charge in [0.15, 0.2) is 5.82 Å². The fraction of sp³-hybridized carbons (Fsp3) is 0.733. The van der Waals surface area contributed by atoms with Crippen molar-refractivity contribution in [3.05, 3.63) is 22.7 Å². The van der Waals surface area contributed by atoms with Crippen molar-refractivity contribution in [2.45, 2.75) is 45.3 Å². The van der Waals surface area contributed by atoms with Gasteiger partial charge in [0.25, 0.3) is 5.56 Å². The topological polar surface area (TPSA) is 68.2 Å². The van der Waals surface area contributed by atoms with Crippen molar-refractivity contribution in [2.24, 2.45) is 0 Å². The number of ether oxygens (including phenoxy) is 1. The van der Waals surface area contributed by atoms with Crippen molar-refractivity contribution in [1.29, 1.82) is 0 Å². The molecule has 118 valence electrons. The maximum absolute atomic E-state index is 12.1. The molecule has 1 aliphatic heterocycles. The van der Waals surface area contributed by atoms with Gasteiger partial charge in [0.1, 0.15) is 0 Å². The predicted molar refractivity (Wildman–Crippen MR) is 83.8 cm³/mol. The lowest BCUT2D eigenvalue weighted by Gasteiger charge is -2.22. The van der Waals surface area contributed by atoms with Gasteiger partial charge >= 0.3 is 0 Å². The van der Waals surface area contributed by atoms with Crippen molar-refractivity contribution >= 4 is 5.82 Å². The Hall–Kier alpha value is -1.40. The number of nitrogens with one attached hydrogen (secondary N) is 2. The van der Waals surface area contributed by atoms with Gasteiger partial charge in [-0.25, -0.2) is 4.98 Å². The van der Waals surface area contributed by atoms with E-state index in [0.29, 0.717) is 18.5 Å². The van der Waals surface area contributed by atoms with Crippen LogP contribution in [0.5, 0.6) is 0 Å². The molecule has 0 spiro atoms. The number of hydrogen-bond acceptors (Lipinski definition) is 5. The van der Waals surface area contributed by atoms with E-state index >= 15 is 0 Å². The summed E-state index contributed by atoms with van der Waals surface area (Å²) in [7, 11) is 0. The molecule has 0 amide bonds. The van der Waals surface area contributed by atoms with Gasteiger partial charge in [-0.2, -0.15) is 0 Å². The van der Waals surface area contributed by atoms with Crippen molar-refractivity contribution in [1.82, 2.24) is 14.9 Å².